The highest BCUT2D eigenvalue weighted by Crippen LogP contribution is 2.21. The Bertz CT molecular complexity index is 821. The summed E-state index contributed by atoms with van der Waals surface area (Å²) in [7, 11) is 1.74. The number of aromatic nitrogens is 1. The predicted octanol–water partition coefficient (Wildman–Crippen LogP) is 2.75. The average Bonchev–Trinajstić information content (AvgIpc) is 2.78. The zero-order chi connectivity index (χ0) is 22.1. The van der Waals surface area contributed by atoms with Crippen molar-refractivity contribution in [2.45, 2.75) is 32.5 Å². The third-order valence-corrected chi connectivity index (χ3v) is 5.04. The topological polar surface area (TPSA) is 71.0 Å². The van der Waals surface area contributed by atoms with E-state index >= 15 is 0 Å². The molecule has 1 aliphatic heterocycles. The van der Waals surface area contributed by atoms with Crippen molar-refractivity contribution in [3.05, 3.63) is 59.5 Å². The van der Waals surface area contributed by atoms with Crippen LogP contribution in [0, 0.1) is 5.82 Å². The quantitative estimate of drug-likeness (QED) is 0.497. The van der Waals surface area contributed by atoms with Crippen LogP contribution >= 0.6 is 0 Å². The predicted molar refractivity (Wildman–Crippen MR) is 120 cm³/mol. The normalized spacial score (nSPS) is 16.2. The Kier molecular flexibility index (Phi) is 8.61. The molecular formula is C23H32FN5O2. The minimum atomic E-state index is -0.228. The number of morpholine rings is 1. The number of nitrogens with zero attached hydrogens (tertiary/aromatic N) is 3. The number of pyridine rings is 1. The van der Waals surface area contributed by atoms with Crippen LogP contribution in [0.5, 0.6) is 5.88 Å². The SMILES string of the molecule is CN=C(NCc1ccc(OC(C)C)nc1)NCC(c1ccc(F)cc1)N1CCOCC1. The fraction of sp³-hybridized carbons (Fsp3) is 0.478. The van der Waals surface area contributed by atoms with Gasteiger partial charge in [0.2, 0.25) is 5.88 Å². The summed E-state index contributed by atoms with van der Waals surface area (Å²) in [6, 6.07) is 10.7. The Morgan fingerprint density at radius 1 is 1.16 bits per heavy atom. The Balaban J connectivity index is 1.58. The highest BCUT2D eigenvalue weighted by atomic mass is 19.1. The second-order valence-electron chi connectivity index (χ2n) is 7.69. The molecule has 0 bridgehead atoms. The number of halogens is 1. The molecule has 0 aliphatic carbocycles. The number of guanidine groups is 1. The van der Waals surface area contributed by atoms with E-state index in [4.69, 9.17) is 9.47 Å². The molecule has 1 fully saturated rings. The van der Waals surface area contributed by atoms with E-state index in [1.165, 1.54) is 12.1 Å². The van der Waals surface area contributed by atoms with E-state index in [0.29, 0.717) is 38.1 Å². The fourth-order valence-electron chi connectivity index (χ4n) is 3.46. The maximum absolute atomic E-state index is 13.4. The minimum Gasteiger partial charge on any atom is -0.475 e. The summed E-state index contributed by atoms with van der Waals surface area (Å²) in [6.07, 6.45) is 1.90. The maximum Gasteiger partial charge on any atom is 0.213 e. The number of hydrogen-bond donors (Lipinski definition) is 2. The van der Waals surface area contributed by atoms with E-state index in [-0.39, 0.29) is 18.0 Å². The molecule has 0 spiro atoms. The highest BCUT2D eigenvalue weighted by Gasteiger charge is 2.23. The molecule has 2 N–H and O–H groups in total. The van der Waals surface area contributed by atoms with Gasteiger partial charge in [0.05, 0.1) is 25.4 Å². The van der Waals surface area contributed by atoms with Gasteiger partial charge in [0.15, 0.2) is 5.96 Å². The van der Waals surface area contributed by atoms with Crippen molar-refractivity contribution in [3.63, 3.8) is 0 Å². The van der Waals surface area contributed by atoms with Crippen LogP contribution < -0.4 is 15.4 Å². The lowest BCUT2D eigenvalue weighted by Gasteiger charge is -2.35. The van der Waals surface area contributed by atoms with Crippen molar-refractivity contribution >= 4 is 5.96 Å². The molecule has 3 rings (SSSR count). The first kappa shape index (κ1) is 23.0. The molecule has 7 nitrogen and oxygen atoms in total. The first-order valence-electron chi connectivity index (χ1n) is 10.7. The van der Waals surface area contributed by atoms with Gasteiger partial charge in [0, 0.05) is 45.5 Å². The van der Waals surface area contributed by atoms with Crippen LogP contribution in [0.25, 0.3) is 0 Å². The highest BCUT2D eigenvalue weighted by molar-refractivity contribution is 5.79. The monoisotopic (exact) mass is 429 g/mol. The van der Waals surface area contributed by atoms with E-state index < -0.39 is 0 Å². The molecule has 8 heteroatoms. The van der Waals surface area contributed by atoms with Crippen LogP contribution in [0.3, 0.4) is 0 Å². The van der Waals surface area contributed by atoms with Crippen LogP contribution in [0.2, 0.25) is 0 Å². The summed E-state index contributed by atoms with van der Waals surface area (Å²) in [5, 5.41) is 6.72. The van der Waals surface area contributed by atoms with Gasteiger partial charge in [-0.1, -0.05) is 18.2 Å². The molecule has 0 amide bonds. The van der Waals surface area contributed by atoms with E-state index in [0.717, 1.165) is 24.2 Å². The van der Waals surface area contributed by atoms with Crippen molar-refractivity contribution in [1.29, 1.82) is 0 Å². The largest absolute Gasteiger partial charge is 0.475 e. The molecule has 1 aliphatic rings. The molecule has 31 heavy (non-hydrogen) atoms. The molecule has 1 aromatic carbocycles. The van der Waals surface area contributed by atoms with Gasteiger partial charge in [-0.05, 0) is 37.1 Å². The fourth-order valence-corrected chi connectivity index (χ4v) is 3.46. The first-order valence-corrected chi connectivity index (χ1v) is 10.7. The average molecular weight is 430 g/mol. The third-order valence-electron chi connectivity index (χ3n) is 5.04. The Labute approximate surface area is 183 Å². The van der Waals surface area contributed by atoms with E-state index in [1.807, 2.05) is 38.1 Å². The molecule has 1 saturated heterocycles. The lowest BCUT2D eigenvalue weighted by atomic mass is 10.0. The van der Waals surface area contributed by atoms with E-state index in [9.17, 15) is 4.39 Å². The van der Waals surface area contributed by atoms with Gasteiger partial charge >= 0.3 is 0 Å². The summed E-state index contributed by atoms with van der Waals surface area (Å²) in [6.45, 7) is 8.27. The van der Waals surface area contributed by atoms with Crippen molar-refractivity contribution in [1.82, 2.24) is 20.5 Å². The van der Waals surface area contributed by atoms with Gasteiger partial charge in [0.1, 0.15) is 5.82 Å². The van der Waals surface area contributed by atoms with Crippen LogP contribution in [0.4, 0.5) is 4.39 Å². The Morgan fingerprint density at radius 3 is 2.52 bits per heavy atom. The van der Waals surface area contributed by atoms with Gasteiger partial charge in [-0.3, -0.25) is 9.89 Å². The summed E-state index contributed by atoms with van der Waals surface area (Å²) in [5.41, 5.74) is 2.10. The summed E-state index contributed by atoms with van der Waals surface area (Å²) < 4.78 is 24.5. The Morgan fingerprint density at radius 2 is 1.90 bits per heavy atom. The number of benzene rings is 1. The van der Waals surface area contributed by atoms with Gasteiger partial charge in [0.25, 0.3) is 0 Å². The summed E-state index contributed by atoms with van der Waals surface area (Å²) in [5.74, 6) is 1.09. The Hall–Kier alpha value is -2.71. The standard InChI is InChI=1S/C23H32FN5O2/c1-17(2)31-22-9-4-18(14-26-22)15-27-23(25-3)28-16-21(29-10-12-30-13-11-29)19-5-7-20(24)8-6-19/h4-9,14,17,21H,10-13,15-16H2,1-3H3,(H2,25,27,28). The number of aliphatic imine (C=N–C) groups is 1. The lowest BCUT2D eigenvalue weighted by molar-refractivity contribution is 0.0170. The first-order chi connectivity index (χ1) is 15.0. The zero-order valence-electron chi connectivity index (χ0n) is 18.5. The van der Waals surface area contributed by atoms with Crippen LogP contribution in [-0.2, 0) is 11.3 Å². The lowest BCUT2D eigenvalue weighted by Crippen LogP contribution is -2.46. The third kappa shape index (κ3) is 7.18. The number of hydrogen-bond acceptors (Lipinski definition) is 5. The number of rotatable bonds is 8. The summed E-state index contributed by atoms with van der Waals surface area (Å²) >= 11 is 0. The maximum atomic E-state index is 13.4. The van der Waals surface area contributed by atoms with Gasteiger partial charge in [-0.25, -0.2) is 9.37 Å². The zero-order valence-corrected chi connectivity index (χ0v) is 18.5. The van der Waals surface area contributed by atoms with Crippen molar-refractivity contribution in [2.24, 2.45) is 4.99 Å². The molecule has 0 saturated carbocycles. The second kappa shape index (κ2) is 11.6. The molecule has 168 valence electrons. The van der Waals surface area contributed by atoms with E-state index in [2.05, 4.69) is 25.5 Å². The molecule has 2 aromatic rings. The van der Waals surface area contributed by atoms with Gasteiger partial charge in [-0.15, -0.1) is 0 Å². The van der Waals surface area contributed by atoms with Crippen molar-refractivity contribution in [3.8, 4) is 5.88 Å². The van der Waals surface area contributed by atoms with Gasteiger partial charge in [-0.2, -0.15) is 0 Å². The molecule has 1 atom stereocenters. The van der Waals surface area contributed by atoms with Gasteiger partial charge < -0.3 is 20.1 Å². The van der Waals surface area contributed by atoms with Crippen molar-refractivity contribution < 1.29 is 13.9 Å². The molecule has 2 heterocycles. The van der Waals surface area contributed by atoms with E-state index in [1.54, 1.807) is 13.2 Å². The molecule has 0 radical (unpaired) electrons. The van der Waals surface area contributed by atoms with Crippen LogP contribution in [0.15, 0.2) is 47.6 Å². The minimum absolute atomic E-state index is 0.0946. The molecule has 1 unspecified atom stereocenters. The molecule has 1 aromatic heterocycles. The van der Waals surface area contributed by atoms with Crippen molar-refractivity contribution in [2.75, 3.05) is 39.9 Å². The van der Waals surface area contributed by atoms with Crippen LogP contribution in [0.1, 0.15) is 31.0 Å². The number of ether oxygens (including phenoxy) is 2. The van der Waals surface area contributed by atoms with Crippen LogP contribution in [-0.4, -0.2) is 61.8 Å². The second-order valence-corrected chi connectivity index (χ2v) is 7.69. The smallest absolute Gasteiger partial charge is 0.213 e. The summed E-state index contributed by atoms with van der Waals surface area (Å²) in [4.78, 5) is 11.0. The molecular weight excluding hydrogens is 397 g/mol. The number of nitrogens with one attached hydrogen (secondary N) is 2.